The van der Waals surface area contributed by atoms with Crippen molar-refractivity contribution in [2.24, 2.45) is 4.99 Å². The summed E-state index contributed by atoms with van der Waals surface area (Å²) in [6.45, 7) is -0.230. The summed E-state index contributed by atoms with van der Waals surface area (Å²) in [6, 6.07) is 9.70. The highest BCUT2D eigenvalue weighted by atomic mass is 32.1. The average Bonchev–Trinajstić information content (AvgIpc) is 3.08. The van der Waals surface area contributed by atoms with Crippen molar-refractivity contribution in [3.05, 3.63) is 79.1 Å². The number of rotatable bonds is 6. The number of nitrogens with zero attached hydrogens (tertiary/aromatic N) is 4. The molecule has 158 valence electrons. The number of hydrogen-bond donors (Lipinski definition) is 0. The summed E-state index contributed by atoms with van der Waals surface area (Å²) in [5.41, 5.74) is 0.849. The zero-order valence-corrected chi connectivity index (χ0v) is 16.8. The number of ether oxygens (including phenoxy) is 1. The maximum absolute atomic E-state index is 12.3. The van der Waals surface area contributed by atoms with Crippen LogP contribution in [0.15, 0.2) is 53.5 Å². The van der Waals surface area contributed by atoms with E-state index in [1.807, 2.05) is 0 Å². The van der Waals surface area contributed by atoms with Crippen molar-refractivity contribution in [3.8, 4) is 0 Å². The van der Waals surface area contributed by atoms with Crippen LogP contribution in [0.2, 0.25) is 0 Å². The Morgan fingerprint density at radius 2 is 1.74 bits per heavy atom. The fourth-order valence-electron chi connectivity index (χ4n) is 2.61. The number of nitro groups is 2. The third-order valence-electron chi connectivity index (χ3n) is 4.12. The molecule has 12 heteroatoms. The monoisotopic (exact) mass is 442 g/mol. The molecule has 1 heterocycles. The minimum atomic E-state index is -0.641. The molecule has 1 amide bonds. The maximum atomic E-state index is 12.3. The van der Waals surface area contributed by atoms with Crippen molar-refractivity contribution >= 4 is 50.9 Å². The molecule has 0 saturated heterocycles. The van der Waals surface area contributed by atoms with Gasteiger partial charge in [0.2, 0.25) is 0 Å². The molecular weight excluding hydrogens is 428 g/mol. The van der Waals surface area contributed by atoms with Gasteiger partial charge < -0.3 is 9.30 Å². The van der Waals surface area contributed by atoms with Crippen LogP contribution in [0.1, 0.15) is 5.56 Å². The highest BCUT2D eigenvalue weighted by Crippen LogP contribution is 2.23. The van der Waals surface area contributed by atoms with Crippen LogP contribution >= 0.6 is 11.3 Å². The standard InChI is InChI=1S/C19H14N4O7S/c1-30-18(25)11-21-15-8-7-14(23(28)29)10-16(15)31-19(21)20-17(24)9-4-12-2-5-13(6-3-12)22(26)27/h2-10H,11H2,1H3/b9-4-,20-19?. The van der Waals surface area contributed by atoms with Crippen LogP contribution in [0.4, 0.5) is 11.4 Å². The second kappa shape index (κ2) is 9.09. The number of esters is 1. The number of carbonyl (C=O) groups is 2. The van der Waals surface area contributed by atoms with E-state index < -0.39 is 21.7 Å². The Morgan fingerprint density at radius 3 is 2.35 bits per heavy atom. The lowest BCUT2D eigenvalue weighted by atomic mass is 10.2. The number of carbonyl (C=O) groups excluding carboxylic acids is 2. The Bertz CT molecular complexity index is 1290. The van der Waals surface area contributed by atoms with Crippen molar-refractivity contribution in [3.63, 3.8) is 0 Å². The van der Waals surface area contributed by atoms with Gasteiger partial charge in [0.25, 0.3) is 17.3 Å². The molecule has 0 radical (unpaired) electrons. The summed E-state index contributed by atoms with van der Waals surface area (Å²) in [6.07, 6.45) is 2.62. The second-order valence-corrected chi connectivity index (χ2v) is 7.10. The Balaban J connectivity index is 1.97. The van der Waals surface area contributed by atoms with E-state index in [0.717, 1.165) is 11.3 Å². The van der Waals surface area contributed by atoms with E-state index in [-0.39, 0.29) is 22.7 Å². The van der Waals surface area contributed by atoms with Crippen molar-refractivity contribution < 1.29 is 24.2 Å². The topological polar surface area (TPSA) is 147 Å². The molecule has 0 N–H and O–H groups in total. The molecule has 3 rings (SSSR count). The first-order chi connectivity index (χ1) is 14.8. The first-order valence-electron chi connectivity index (χ1n) is 8.64. The van der Waals surface area contributed by atoms with Gasteiger partial charge in [0.05, 0.1) is 27.2 Å². The van der Waals surface area contributed by atoms with Gasteiger partial charge in [-0.1, -0.05) is 11.3 Å². The van der Waals surface area contributed by atoms with Gasteiger partial charge in [-0.2, -0.15) is 4.99 Å². The lowest BCUT2D eigenvalue weighted by molar-refractivity contribution is -0.385. The van der Waals surface area contributed by atoms with Crippen LogP contribution in [-0.2, 0) is 20.9 Å². The molecule has 0 saturated carbocycles. The Labute approximate surface area is 177 Å². The van der Waals surface area contributed by atoms with Crippen molar-refractivity contribution in [2.45, 2.75) is 6.54 Å². The van der Waals surface area contributed by atoms with Crippen molar-refractivity contribution in [1.82, 2.24) is 4.57 Å². The molecule has 0 aliphatic carbocycles. The van der Waals surface area contributed by atoms with Crippen LogP contribution < -0.4 is 4.80 Å². The first kappa shape index (κ1) is 21.5. The number of hydrogen-bond acceptors (Lipinski definition) is 8. The largest absolute Gasteiger partial charge is 0.468 e. The molecule has 0 aliphatic rings. The molecule has 0 unspecified atom stereocenters. The number of aromatic nitrogens is 1. The highest BCUT2D eigenvalue weighted by Gasteiger charge is 2.14. The summed E-state index contributed by atoms with van der Waals surface area (Å²) in [4.78, 5) is 48.9. The summed E-state index contributed by atoms with van der Waals surface area (Å²) in [5.74, 6) is -1.22. The number of non-ortho nitro benzene ring substituents is 2. The molecular formula is C19H14N4O7S. The first-order valence-corrected chi connectivity index (χ1v) is 9.46. The molecule has 3 aromatic rings. The summed E-state index contributed by atoms with van der Waals surface area (Å²) in [7, 11) is 1.22. The maximum Gasteiger partial charge on any atom is 0.325 e. The lowest BCUT2D eigenvalue weighted by Gasteiger charge is -2.03. The second-order valence-electron chi connectivity index (χ2n) is 6.09. The number of amides is 1. The van der Waals surface area contributed by atoms with Gasteiger partial charge in [0.15, 0.2) is 4.80 Å². The Morgan fingerprint density at radius 1 is 1.10 bits per heavy atom. The molecule has 0 aliphatic heterocycles. The van der Waals surface area contributed by atoms with Crippen molar-refractivity contribution in [1.29, 1.82) is 0 Å². The molecule has 31 heavy (non-hydrogen) atoms. The molecule has 0 fully saturated rings. The summed E-state index contributed by atoms with van der Waals surface area (Å²) in [5, 5.41) is 21.7. The normalized spacial score (nSPS) is 11.7. The van der Waals surface area contributed by atoms with Gasteiger partial charge in [-0.25, -0.2) is 0 Å². The SMILES string of the molecule is COC(=O)Cn1c(=NC(=O)/C=C\c2ccc([N+](=O)[O-])cc2)sc2cc([N+](=O)[O-])ccc21. The quantitative estimate of drug-likeness (QED) is 0.247. The van der Waals surface area contributed by atoms with Crippen LogP contribution in [0, 0.1) is 20.2 Å². The predicted octanol–water partition coefficient (Wildman–Crippen LogP) is 2.83. The smallest absolute Gasteiger partial charge is 0.325 e. The Hall–Kier alpha value is -4.19. The van der Waals surface area contributed by atoms with Gasteiger partial charge in [0, 0.05) is 30.3 Å². The van der Waals surface area contributed by atoms with E-state index in [1.165, 1.54) is 66.3 Å². The average molecular weight is 442 g/mol. The van der Waals surface area contributed by atoms with Gasteiger partial charge in [0.1, 0.15) is 6.54 Å². The van der Waals surface area contributed by atoms with E-state index in [1.54, 1.807) is 0 Å². The van der Waals surface area contributed by atoms with Crippen LogP contribution in [0.25, 0.3) is 16.3 Å². The number of nitro benzene ring substituents is 2. The molecule has 0 bridgehead atoms. The molecule has 2 aromatic carbocycles. The van der Waals surface area contributed by atoms with E-state index >= 15 is 0 Å². The van der Waals surface area contributed by atoms with Crippen molar-refractivity contribution in [2.75, 3.05) is 7.11 Å². The number of methoxy groups -OCH3 is 1. The fraction of sp³-hybridized carbons (Fsp3) is 0.105. The van der Waals surface area contributed by atoms with E-state index in [2.05, 4.69) is 9.73 Å². The highest BCUT2D eigenvalue weighted by molar-refractivity contribution is 7.16. The minimum absolute atomic E-state index is 0.0728. The van der Waals surface area contributed by atoms with Gasteiger partial charge in [-0.3, -0.25) is 29.8 Å². The molecule has 11 nitrogen and oxygen atoms in total. The van der Waals surface area contributed by atoms with E-state index in [4.69, 9.17) is 0 Å². The van der Waals surface area contributed by atoms with Crippen LogP contribution in [0.5, 0.6) is 0 Å². The zero-order chi connectivity index (χ0) is 22.5. The number of benzene rings is 2. The third-order valence-corrected chi connectivity index (χ3v) is 5.16. The minimum Gasteiger partial charge on any atom is -0.468 e. The number of fused-ring (bicyclic) bond motifs is 1. The predicted molar refractivity (Wildman–Crippen MR) is 111 cm³/mol. The Kier molecular flexibility index (Phi) is 6.31. The van der Waals surface area contributed by atoms with E-state index in [9.17, 15) is 29.8 Å². The summed E-state index contributed by atoms with van der Waals surface area (Å²) < 4.78 is 6.59. The van der Waals surface area contributed by atoms with Gasteiger partial charge in [-0.05, 0) is 29.8 Å². The molecule has 0 atom stereocenters. The zero-order valence-electron chi connectivity index (χ0n) is 16.0. The summed E-state index contributed by atoms with van der Waals surface area (Å²) >= 11 is 1.02. The van der Waals surface area contributed by atoms with Crippen LogP contribution in [0.3, 0.4) is 0 Å². The van der Waals surface area contributed by atoms with Crippen LogP contribution in [-0.4, -0.2) is 33.4 Å². The third kappa shape index (κ3) is 5.05. The fourth-order valence-corrected chi connectivity index (χ4v) is 3.68. The van der Waals surface area contributed by atoms with Gasteiger partial charge >= 0.3 is 5.97 Å². The lowest BCUT2D eigenvalue weighted by Crippen LogP contribution is -2.22. The van der Waals surface area contributed by atoms with E-state index in [0.29, 0.717) is 15.8 Å². The number of thiazole rings is 1. The molecule has 0 spiro atoms. The molecule has 1 aromatic heterocycles. The van der Waals surface area contributed by atoms with Gasteiger partial charge in [-0.15, -0.1) is 0 Å².